The fourth-order valence-corrected chi connectivity index (χ4v) is 6.78. The second-order valence-electron chi connectivity index (χ2n) is 9.11. The zero-order chi connectivity index (χ0) is 21.4. The van der Waals surface area contributed by atoms with Crippen LogP contribution in [0.3, 0.4) is 0 Å². The summed E-state index contributed by atoms with van der Waals surface area (Å²) in [6, 6.07) is 0. The molecule has 0 spiro atoms. The van der Waals surface area contributed by atoms with Gasteiger partial charge in [-0.3, -0.25) is 4.40 Å². The Kier molecular flexibility index (Phi) is 6.15. The Labute approximate surface area is 192 Å². The maximum atomic E-state index is 5.17. The summed E-state index contributed by atoms with van der Waals surface area (Å²) in [5.74, 6) is 1.70. The molecule has 0 fully saturated rings. The topological polar surface area (TPSA) is 56.0 Å². The van der Waals surface area contributed by atoms with Gasteiger partial charge < -0.3 is 0 Å². The van der Waals surface area contributed by atoms with Gasteiger partial charge in [0.05, 0.1) is 5.52 Å². The molecule has 0 saturated heterocycles. The summed E-state index contributed by atoms with van der Waals surface area (Å²) < 4.78 is 3.20. The van der Waals surface area contributed by atoms with E-state index in [1.54, 1.807) is 23.1 Å². The first-order valence-corrected chi connectivity index (χ1v) is 13.6. The van der Waals surface area contributed by atoms with Gasteiger partial charge in [-0.1, -0.05) is 51.8 Å². The van der Waals surface area contributed by atoms with Crippen molar-refractivity contribution < 1.29 is 0 Å². The zero-order valence-electron chi connectivity index (χ0n) is 18.8. The van der Waals surface area contributed by atoms with Crippen LogP contribution < -0.4 is 0 Å². The fraction of sp³-hybridized carbons (Fsp3) is 0.583. The number of thioether (sulfide) groups is 1. The van der Waals surface area contributed by atoms with Gasteiger partial charge in [-0.05, 0) is 55.6 Å². The summed E-state index contributed by atoms with van der Waals surface area (Å²) >= 11 is 3.54. The molecule has 7 heteroatoms. The largest absolute Gasteiger partial charge is 0.259 e. The molecule has 0 N–H and O–H groups in total. The van der Waals surface area contributed by atoms with Crippen LogP contribution in [0.4, 0.5) is 0 Å². The van der Waals surface area contributed by atoms with E-state index in [9.17, 15) is 0 Å². The average Bonchev–Trinajstić information content (AvgIpc) is 3.34. The molecule has 0 aromatic carbocycles. The van der Waals surface area contributed by atoms with Crippen LogP contribution >= 0.6 is 23.1 Å². The number of thiophene rings is 1. The molecule has 0 saturated carbocycles. The van der Waals surface area contributed by atoms with E-state index in [2.05, 4.69) is 35.4 Å². The van der Waals surface area contributed by atoms with Gasteiger partial charge in [-0.15, -0.1) is 21.5 Å². The van der Waals surface area contributed by atoms with Crippen molar-refractivity contribution in [1.82, 2.24) is 24.6 Å². The van der Waals surface area contributed by atoms with Crippen molar-refractivity contribution in [3.05, 3.63) is 23.1 Å². The molecule has 0 amide bonds. The second-order valence-corrected chi connectivity index (χ2v) is 11.2. The Morgan fingerprint density at radius 1 is 1.10 bits per heavy atom. The molecule has 4 heterocycles. The molecule has 31 heavy (non-hydrogen) atoms. The van der Waals surface area contributed by atoms with E-state index in [1.165, 1.54) is 60.7 Å². The summed E-state index contributed by atoms with van der Waals surface area (Å²) in [7, 11) is 0. The Morgan fingerprint density at radius 3 is 2.74 bits per heavy atom. The van der Waals surface area contributed by atoms with E-state index >= 15 is 0 Å². The average molecular weight is 454 g/mol. The van der Waals surface area contributed by atoms with Gasteiger partial charge in [0.2, 0.25) is 0 Å². The molecule has 0 radical (unpaired) electrons. The number of pyridine rings is 1. The summed E-state index contributed by atoms with van der Waals surface area (Å²) in [4.78, 5) is 11.2. The highest BCUT2D eigenvalue weighted by Crippen LogP contribution is 2.40. The van der Waals surface area contributed by atoms with Gasteiger partial charge in [0.15, 0.2) is 10.8 Å². The Morgan fingerprint density at radius 2 is 1.94 bits per heavy atom. The van der Waals surface area contributed by atoms with Crippen LogP contribution in [0.15, 0.2) is 11.5 Å². The number of hydrogen-bond acceptors (Lipinski definition) is 6. The van der Waals surface area contributed by atoms with Crippen molar-refractivity contribution in [2.24, 2.45) is 5.92 Å². The predicted octanol–water partition coefficient (Wildman–Crippen LogP) is 6.64. The molecule has 5 rings (SSSR count). The van der Waals surface area contributed by atoms with Gasteiger partial charge in [-0.2, -0.15) is 0 Å². The highest BCUT2D eigenvalue weighted by atomic mass is 32.2. The van der Waals surface area contributed by atoms with Gasteiger partial charge in [0, 0.05) is 16.8 Å². The van der Waals surface area contributed by atoms with Crippen LogP contribution in [0.2, 0.25) is 0 Å². The van der Waals surface area contributed by atoms with E-state index < -0.39 is 0 Å². The molecule has 5 nitrogen and oxygen atoms in total. The number of fused-ring (bicyclic) bond motifs is 7. The van der Waals surface area contributed by atoms with Crippen LogP contribution in [-0.2, 0) is 19.3 Å². The van der Waals surface area contributed by atoms with Crippen LogP contribution in [0.25, 0.3) is 26.1 Å². The van der Waals surface area contributed by atoms with Crippen molar-refractivity contribution >= 4 is 49.2 Å². The lowest BCUT2D eigenvalue weighted by Crippen LogP contribution is -2.11. The first-order chi connectivity index (χ1) is 15.2. The summed E-state index contributed by atoms with van der Waals surface area (Å²) in [5, 5.41) is 11.3. The minimum Gasteiger partial charge on any atom is -0.259 e. The maximum Gasteiger partial charge on any atom is 0.196 e. The van der Waals surface area contributed by atoms with Crippen molar-refractivity contribution in [3.63, 3.8) is 0 Å². The molecular formula is C24H31N5S2. The highest BCUT2D eigenvalue weighted by Gasteiger charge is 2.24. The van der Waals surface area contributed by atoms with Crippen molar-refractivity contribution in [1.29, 1.82) is 0 Å². The maximum absolute atomic E-state index is 5.17. The number of rotatable bonds is 8. The molecular weight excluding hydrogens is 422 g/mol. The van der Waals surface area contributed by atoms with E-state index in [0.29, 0.717) is 5.92 Å². The van der Waals surface area contributed by atoms with Gasteiger partial charge in [0.1, 0.15) is 15.9 Å². The second kappa shape index (κ2) is 9.02. The van der Waals surface area contributed by atoms with Crippen LogP contribution in [0, 0.1) is 5.92 Å². The van der Waals surface area contributed by atoms with E-state index in [-0.39, 0.29) is 0 Å². The molecule has 1 aliphatic carbocycles. The van der Waals surface area contributed by atoms with Gasteiger partial charge in [-0.25, -0.2) is 9.97 Å². The zero-order valence-corrected chi connectivity index (χ0v) is 20.4. The third-order valence-corrected chi connectivity index (χ3v) is 8.32. The molecule has 1 aliphatic rings. The lowest BCUT2D eigenvalue weighted by atomic mass is 9.87. The number of aromatic nitrogens is 5. The lowest BCUT2D eigenvalue weighted by molar-refractivity contribution is 0.615. The molecule has 0 bridgehead atoms. The first kappa shape index (κ1) is 21.1. The number of aryl methyl sites for hydroxylation is 1. The molecule has 0 atom stereocenters. The smallest absolute Gasteiger partial charge is 0.196 e. The summed E-state index contributed by atoms with van der Waals surface area (Å²) in [5.41, 5.74) is 6.31. The number of nitrogens with zero attached hydrogens (tertiary/aromatic N) is 5. The van der Waals surface area contributed by atoms with Crippen molar-refractivity contribution in [2.75, 3.05) is 5.75 Å². The van der Waals surface area contributed by atoms with E-state index in [4.69, 9.17) is 9.97 Å². The van der Waals surface area contributed by atoms with Crippen LogP contribution in [0.1, 0.15) is 76.1 Å². The summed E-state index contributed by atoms with van der Waals surface area (Å²) in [6.07, 6.45) is 12.9. The Balaban J connectivity index is 1.58. The van der Waals surface area contributed by atoms with E-state index in [1.807, 2.05) is 6.33 Å². The normalized spacial score (nSPS) is 14.3. The van der Waals surface area contributed by atoms with Gasteiger partial charge in [0.25, 0.3) is 0 Å². The third-order valence-electron chi connectivity index (χ3n) is 6.22. The minimum atomic E-state index is 0.614. The molecule has 4 aromatic rings. The quantitative estimate of drug-likeness (QED) is 0.221. The highest BCUT2D eigenvalue weighted by molar-refractivity contribution is 7.99. The standard InChI is InChI=1S/C24H31N5S2/c1-4-5-6-9-12-30-24-28-27-22-21-20(25-14-29(22)24)19-17-11-8-7-10-16(17)18(13-15(2)3)26-23(19)31-21/h14-15H,4-13H2,1-3H3. The molecule has 0 aliphatic heterocycles. The lowest BCUT2D eigenvalue weighted by Gasteiger charge is -2.20. The monoisotopic (exact) mass is 453 g/mol. The van der Waals surface area contributed by atoms with E-state index in [0.717, 1.165) is 50.9 Å². The Hall–Kier alpha value is -1.73. The first-order valence-electron chi connectivity index (χ1n) is 11.8. The SMILES string of the molecule is CCCCCCSc1nnc2c3sc4nc(CC(C)C)c5c(c4c3ncn12)CCCC5. The van der Waals surface area contributed by atoms with Crippen molar-refractivity contribution in [3.8, 4) is 0 Å². The third kappa shape index (κ3) is 3.95. The molecule has 164 valence electrons. The fourth-order valence-electron chi connectivity index (χ4n) is 4.72. The molecule has 0 unspecified atom stereocenters. The van der Waals surface area contributed by atoms with Crippen LogP contribution in [-0.4, -0.2) is 30.3 Å². The van der Waals surface area contributed by atoms with Crippen molar-refractivity contribution in [2.45, 2.75) is 83.7 Å². The number of unbranched alkanes of at least 4 members (excludes halogenated alkanes) is 3. The van der Waals surface area contributed by atoms with Gasteiger partial charge >= 0.3 is 0 Å². The number of hydrogen-bond donors (Lipinski definition) is 0. The Bertz CT molecular complexity index is 1220. The van der Waals surface area contributed by atoms with Crippen LogP contribution in [0.5, 0.6) is 0 Å². The predicted molar refractivity (Wildman–Crippen MR) is 132 cm³/mol. The summed E-state index contributed by atoms with van der Waals surface area (Å²) in [6.45, 7) is 6.82. The minimum absolute atomic E-state index is 0.614. The molecule has 4 aromatic heterocycles.